The molecule has 1 fully saturated rings. The van der Waals surface area contributed by atoms with Gasteiger partial charge in [0, 0.05) is 13.6 Å². The highest BCUT2D eigenvalue weighted by molar-refractivity contribution is 5.85. The number of aromatic nitrogens is 2. The van der Waals surface area contributed by atoms with Crippen molar-refractivity contribution in [1.29, 1.82) is 0 Å². The summed E-state index contributed by atoms with van der Waals surface area (Å²) in [6.45, 7) is 0.589. The van der Waals surface area contributed by atoms with Gasteiger partial charge in [-0.15, -0.1) is 0 Å². The second-order valence-corrected chi connectivity index (χ2v) is 4.22. The highest BCUT2D eigenvalue weighted by Crippen LogP contribution is 2.25. The zero-order chi connectivity index (χ0) is 13.1. The van der Waals surface area contributed by atoms with Crippen LogP contribution in [0.1, 0.15) is 19.3 Å². The van der Waals surface area contributed by atoms with Gasteiger partial charge in [0.1, 0.15) is 6.04 Å². The number of hydrogen-bond acceptors (Lipinski definition) is 5. The maximum absolute atomic E-state index is 13.7. The first kappa shape index (κ1) is 12.5. The highest BCUT2D eigenvalue weighted by atomic mass is 19.1. The Balaban J connectivity index is 2.33. The van der Waals surface area contributed by atoms with Crippen LogP contribution in [0.3, 0.4) is 0 Å². The van der Waals surface area contributed by atoms with Crippen LogP contribution >= 0.6 is 0 Å². The van der Waals surface area contributed by atoms with E-state index in [0.717, 1.165) is 19.0 Å². The van der Waals surface area contributed by atoms with Crippen LogP contribution in [0.2, 0.25) is 0 Å². The van der Waals surface area contributed by atoms with Crippen LogP contribution in [0.4, 0.5) is 16.2 Å². The van der Waals surface area contributed by atoms with Crippen LogP contribution in [-0.2, 0) is 4.79 Å². The molecule has 1 amide bonds. The van der Waals surface area contributed by atoms with Crippen LogP contribution in [0, 0.1) is 5.82 Å². The predicted octanol–water partition coefficient (Wildman–Crippen LogP) is 0.303. The van der Waals surface area contributed by atoms with Crippen molar-refractivity contribution < 1.29 is 9.18 Å². The molecule has 0 aliphatic carbocycles. The molecule has 1 atom stereocenters. The lowest BCUT2D eigenvalue weighted by atomic mass is 10.0. The van der Waals surface area contributed by atoms with E-state index in [1.807, 2.05) is 0 Å². The fourth-order valence-electron chi connectivity index (χ4n) is 2.20. The van der Waals surface area contributed by atoms with E-state index >= 15 is 0 Å². The Morgan fingerprint density at radius 3 is 3.11 bits per heavy atom. The maximum atomic E-state index is 13.7. The number of likely N-dealkylation sites (N-methyl/N-ethyl adjacent to an activating group) is 1. The number of nitrogens with two attached hydrogens (primary N) is 1. The van der Waals surface area contributed by atoms with Crippen molar-refractivity contribution in [2.24, 2.45) is 0 Å². The molecule has 98 valence electrons. The summed E-state index contributed by atoms with van der Waals surface area (Å²) in [5.74, 6) is -0.574. The number of carbonyl (C=O) groups is 1. The summed E-state index contributed by atoms with van der Waals surface area (Å²) >= 11 is 0. The van der Waals surface area contributed by atoms with Crippen LogP contribution in [0.5, 0.6) is 0 Å². The minimum Gasteiger partial charge on any atom is -0.368 e. The van der Waals surface area contributed by atoms with E-state index in [-0.39, 0.29) is 17.7 Å². The average molecular weight is 253 g/mol. The minimum absolute atomic E-state index is 0.00706. The van der Waals surface area contributed by atoms with Crippen molar-refractivity contribution in [3.05, 3.63) is 12.0 Å². The average Bonchev–Trinajstić information content (AvgIpc) is 2.40. The number of halogens is 1. The number of nitrogen functional groups attached to an aromatic ring is 1. The van der Waals surface area contributed by atoms with E-state index in [1.165, 1.54) is 0 Å². The van der Waals surface area contributed by atoms with Gasteiger partial charge in [-0.1, -0.05) is 0 Å². The van der Waals surface area contributed by atoms with E-state index in [1.54, 1.807) is 11.9 Å². The molecule has 0 radical (unpaired) electrons. The molecule has 0 saturated carbocycles. The molecule has 1 aliphatic rings. The third-order valence-corrected chi connectivity index (χ3v) is 3.07. The summed E-state index contributed by atoms with van der Waals surface area (Å²) in [4.78, 5) is 20.9. The van der Waals surface area contributed by atoms with Gasteiger partial charge in [0.15, 0.2) is 11.6 Å². The van der Waals surface area contributed by atoms with Crippen molar-refractivity contribution in [2.45, 2.75) is 25.3 Å². The number of anilines is 2. The topological polar surface area (TPSA) is 84.1 Å². The molecule has 7 heteroatoms. The summed E-state index contributed by atoms with van der Waals surface area (Å²) < 4.78 is 13.7. The molecule has 1 aliphatic heterocycles. The van der Waals surface area contributed by atoms with Gasteiger partial charge in [-0.3, -0.25) is 4.79 Å². The molecule has 1 saturated heterocycles. The van der Waals surface area contributed by atoms with Gasteiger partial charge in [0.05, 0.1) is 6.20 Å². The smallest absolute Gasteiger partial charge is 0.242 e. The summed E-state index contributed by atoms with van der Waals surface area (Å²) in [5.41, 5.74) is 5.47. The Kier molecular flexibility index (Phi) is 3.59. The third-order valence-electron chi connectivity index (χ3n) is 3.07. The number of nitrogens with zero attached hydrogens (tertiary/aromatic N) is 3. The molecular formula is C11H16FN5O. The molecule has 1 aromatic heterocycles. The first-order valence-electron chi connectivity index (χ1n) is 5.89. The fraction of sp³-hybridized carbons (Fsp3) is 0.545. The highest BCUT2D eigenvalue weighted by Gasteiger charge is 2.30. The molecule has 0 spiro atoms. The predicted molar refractivity (Wildman–Crippen MR) is 65.5 cm³/mol. The molecule has 18 heavy (non-hydrogen) atoms. The summed E-state index contributed by atoms with van der Waals surface area (Å²) in [6.07, 6.45) is 3.56. The Morgan fingerprint density at radius 2 is 2.39 bits per heavy atom. The largest absolute Gasteiger partial charge is 0.368 e. The molecule has 0 aromatic carbocycles. The first-order chi connectivity index (χ1) is 8.63. The Labute approximate surface area is 104 Å². The summed E-state index contributed by atoms with van der Waals surface area (Å²) in [7, 11) is 1.57. The SMILES string of the molecule is CNC(=O)C1CCCCN1c1nc(N)ncc1F. The van der Waals surface area contributed by atoms with Crippen molar-refractivity contribution in [3.8, 4) is 0 Å². The van der Waals surface area contributed by atoms with Gasteiger partial charge >= 0.3 is 0 Å². The molecule has 1 unspecified atom stereocenters. The second-order valence-electron chi connectivity index (χ2n) is 4.22. The summed E-state index contributed by atoms with van der Waals surface area (Å²) in [6, 6.07) is -0.396. The number of amides is 1. The van der Waals surface area contributed by atoms with Crippen molar-refractivity contribution in [1.82, 2.24) is 15.3 Å². The maximum Gasteiger partial charge on any atom is 0.242 e. The quantitative estimate of drug-likeness (QED) is 0.792. The van der Waals surface area contributed by atoms with Gasteiger partial charge < -0.3 is 16.0 Å². The number of carbonyl (C=O) groups excluding carboxylic acids is 1. The minimum atomic E-state index is -0.556. The van der Waals surface area contributed by atoms with E-state index in [9.17, 15) is 9.18 Å². The lowest BCUT2D eigenvalue weighted by Crippen LogP contribution is -2.49. The van der Waals surface area contributed by atoms with Crippen molar-refractivity contribution in [3.63, 3.8) is 0 Å². The van der Waals surface area contributed by atoms with E-state index in [0.29, 0.717) is 13.0 Å². The van der Waals surface area contributed by atoms with E-state index in [4.69, 9.17) is 5.73 Å². The fourth-order valence-corrected chi connectivity index (χ4v) is 2.20. The van der Waals surface area contributed by atoms with Gasteiger partial charge in [0.2, 0.25) is 11.9 Å². The Bertz CT molecular complexity index is 453. The zero-order valence-electron chi connectivity index (χ0n) is 10.2. The monoisotopic (exact) mass is 253 g/mol. The molecule has 6 nitrogen and oxygen atoms in total. The van der Waals surface area contributed by atoms with Gasteiger partial charge in [-0.05, 0) is 19.3 Å². The van der Waals surface area contributed by atoms with E-state index in [2.05, 4.69) is 15.3 Å². The van der Waals surface area contributed by atoms with Crippen molar-refractivity contribution in [2.75, 3.05) is 24.2 Å². The lowest BCUT2D eigenvalue weighted by Gasteiger charge is -2.35. The van der Waals surface area contributed by atoms with Gasteiger partial charge in [-0.2, -0.15) is 4.98 Å². The first-order valence-corrected chi connectivity index (χ1v) is 5.89. The third kappa shape index (κ3) is 2.34. The molecule has 3 N–H and O–H groups in total. The van der Waals surface area contributed by atoms with Gasteiger partial charge in [0.25, 0.3) is 0 Å². The zero-order valence-corrected chi connectivity index (χ0v) is 10.2. The lowest BCUT2D eigenvalue weighted by molar-refractivity contribution is -0.122. The normalized spacial score (nSPS) is 19.7. The van der Waals surface area contributed by atoms with Crippen LogP contribution in [-0.4, -0.2) is 35.5 Å². The van der Waals surface area contributed by atoms with Crippen LogP contribution < -0.4 is 16.0 Å². The number of rotatable bonds is 2. The van der Waals surface area contributed by atoms with Gasteiger partial charge in [-0.25, -0.2) is 9.37 Å². The van der Waals surface area contributed by atoms with Crippen molar-refractivity contribution >= 4 is 17.7 Å². The standard InChI is InChI=1S/C11H16FN5O/c1-14-10(18)8-4-2-3-5-17(8)9-7(12)6-15-11(13)16-9/h6,8H,2-5H2,1H3,(H,14,18)(H2,13,15,16). The molecule has 2 rings (SSSR count). The number of piperidine rings is 1. The van der Waals surface area contributed by atoms with E-state index < -0.39 is 11.9 Å². The number of nitrogens with one attached hydrogen (secondary N) is 1. The van der Waals surface area contributed by atoms with Crippen LogP contribution in [0.25, 0.3) is 0 Å². The molecular weight excluding hydrogens is 237 g/mol. The second kappa shape index (κ2) is 5.16. The molecule has 0 bridgehead atoms. The Morgan fingerprint density at radius 1 is 1.61 bits per heavy atom. The molecule has 1 aromatic rings. The number of hydrogen-bond donors (Lipinski definition) is 2. The summed E-state index contributed by atoms with van der Waals surface area (Å²) in [5, 5.41) is 2.59. The van der Waals surface area contributed by atoms with Crippen LogP contribution in [0.15, 0.2) is 6.20 Å². The Hall–Kier alpha value is -1.92. The molecule has 2 heterocycles.